The molecule has 136 valence electrons. The summed E-state index contributed by atoms with van der Waals surface area (Å²) in [6.07, 6.45) is 0. The number of benzene rings is 2. The zero-order valence-electron chi connectivity index (χ0n) is 14.0. The Kier molecular flexibility index (Phi) is 6.68. The van der Waals surface area contributed by atoms with Crippen molar-refractivity contribution in [1.82, 2.24) is 10.2 Å². The minimum atomic E-state index is -0.507. The van der Waals surface area contributed by atoms with E-state index in [2.05, 4.69) is 10.6 Å². The fourth-order valence-corrected chi connectivity index (χ4v) is 2.23. The van der Waals surface area contributed by atoms with E-state index in [0.717, 1.165) is 12.1 Å². The Bertz CT molecular complexity index is 812. The molecule has 2 aromatic rings. The fourth-order valence-electron chi connectivity index (χ4n) is 2.05. The molecular weight excluding hydrogens is 361 g/mol. The summed E-state index contributed by atoms with van der Waals surface area (Å²) in [6, 6.07) is 11.7. The number of carbonyl (C=O) groups is 3. The lowest BCUT2D eigenvalue weighted by molar-refractivity contribution is -0.132. The van der Waals surface area contributed by atoms with Gasteiger partial charge in [0.15, 0.2) is 0 Å². The van der Waals surface area contributed by atoms with Crippen LogP contribution in [0.4, 0.5) is 10.1 Å². The topological polar surface area (TPSA) is 78.5 Å². The SMILES string of the molecule is CN(CC(=O)Nc1ccccc1Cl)C(=O)CNC(=O)c1ccc(F)cc1. The molecule has 0 bridgehead atoms. The van der Waals surface area contributed by atoms with Crippen molar-refractivity contribution in [3.63, 3.8) is 0 Å². The second-order valence-corrected chi connectivity index (χ2v) is 5.87. The Morgan fingerprint density at radius 1 is 1.08 bits per heavy atom. The van der Waals surface area contributed by atoms with Gasteiger partial charge in [-0.2, -0.15) is 0 Å². The summed E-state index contributed by atoms with van der Waals surface area (Å²) in [4.78, 5) is 37.1. The van der Waals surface area contributed by atoms with Gasteiger partial charge < -0.3 is 15.5 Å². The first-order chi connectivity index (χ1) is 12.4. The third-order valence-corrected chi connectivity index (χ3v) is 3.79. The Balaban J connectivity index is 1.81. The van der Waals surface area contributed by atoms with E-state index < -0.39 is 23.5 Å². The van der Waals surface area contributed by atoms with Gasteiger partial charge in [0.1, 0.15) is 5.82 Å². The van der Waals surface area contributed by atoms with Gasteiger partial charge in [-0.25, -0.2) is 4.39 Å². The van der Waals surface area contributed by atoms with Crippen LogP contribution in [0.5, 0.6) is 0 Å². The van der Waals surface area contributed by atoms with Gasteiger partial charge in [0.2, 0.25) is 11.8 Å². The monoisotopic (exact) mass is 377 g/mol. The molecule has 0 aliphatic rings. The quantitative estimate of drug-likeness (QED) is 0.810. The highest BCUT2D eigenvalue weighted by Crippen LogP contribution is 2.20. The van der Waals surface area contributed by atoms with E-state index in [-0.39, 0.29) is 18.7 Å². The maximum Gasteiger partial charge on any atom is 0.251 e. The highest BCUT2D eigenvalue weighted by Gasteiger charge is 2.15. The molecule has 0 atom stereocenters. The molecule has 2 rings (SSSR count). The molecule has 26 heavy (non-hydrogen) atoms. The number of hydrogen-bond donors (Lipinski definition) is 2. The third-order valence-electron chi connectivity index (χ3n) is 3.46. The molecule has 3 amide bonds. The van der Waals surface area contributed by atoms with Gasteiger partial charge in [-0.1, -0.05) is 23.7 Å². The zero-order valence-corrected chi connectivity index (χ0v) is 14.7. The second kappa shape index (κ2) is 8.96. The summed E-state index contributed by atoms with van der Waals surface area (Å²) in [6.45, 7) is -0.484. The molecule has 0 aliphatic carbocycles. The molecule has 0 aromatic heterocycles. The number of halogens is 2. The Labute approximate surface area is 154 Å². The summed E-state index contributed by atoms with van der Waals surface area (Å²) < 4.78 is 12.8. The van der Waals surface area contributed by atoms with Crippen molar-refractivity contribution in [2.75, 3.05) is 25.5 Å². The minimum Gasteiger partial charge on any atom is -0.343 e. The number of anilines is 1. The van der Waals surface area contributed by atoms with E-state index in [1.807, 2.05) is 0 Å². The lowest BCUT2D eigenvalue weighted by atomic mass is 10.2. The number of rotatable bonds is 6. The Morgan fingerprint density at radius 2 is 1.73 bits per heavy atom. The predicted octanol–water partition coefficient (Wildman–Crippen LogP) is 2.31. The first-order valence-corrected chi connectivity index (χ1v) is 8.06. The van der Waals surface area contributed by atoms with Gasteiger partial charge >= 0.3 is 0 Å². The van der Waals surface area contributed by atoms with Gasteiger partial charge in [0, 0.05) is 12.6 Å². The first-order valence-electron chi connectivity index (χ1n) is 7.69. The number of nitrogens with one attached hydrogen (secondary N) is 2. The minimum absolute atomic E-state index is 0.198. The van der Waals surface area contributed by atoms with Crippen molar-refractivity contribution in [1.29, 1.82) is 0 Å². The predicted molar refractivity (Wildman–Crippen MR) is 96.5 cm³/mol. The van der Waals surface area contributed by atoms with Crippen LogP contribution in [0, 0.1) is 5.82 Å². The summed E-state index contributed by atoms with van der Waals surface area (Å²) >= 11 is 5.95. The van der Waals surface area contributed by atoms with E-state index in [4.69, 9.17) is 11.6 Å². The van der Waals surface area contributed by atoms with Gasteiger partial charge in [-0.3, -0.25) is 14.4 Å². The average Bonchev–Trinajstić information content (AvgIpc) is 2.61. The van der Waals surface area contributed by atoms with Crippen molar-refractivity contribution < 1.29 is 18.8 Å². The normalized spacial score (nSPS) is 10.1. The van der Waals surface area contributed by atoms with E-state index in [9.17, 15) is 18.8 Å². The van der Waals surface area contributed by atoms with Crippen LogP contribution in [0.2, 0.25) is 5.02 Å². The molecule has 0 heterocycles. The maximum atomic E-state index is 12.8. The smallest absolute Gasteiger partial charge is 0.251 e. The van der Waals surface area contributed by atoms with Gasteiger partial charge in [-0.05, 0) is 36.4 Å². The molecule has 0 radical (unpaired) electrons. The van der Waals surface area contributed by atoms with Gasteiger partial charge in [0.05, 0.1) is 23.8 Å². The Hall–Kier alpha value is -2.93. The van der Waals surface area contributed by atoms with Crippen LogP contribution < -0.4 is 10.6 Å². The molecule has 0 spiro atoms. The average molecular weight is 378 g/mol. The highest BCUT2D eigenvalue weighted by atomic mass is 35.5. The van der Waals surface area contributed by atoms with Gasteiger partial charge in [-0.15, -0.1) is 0 Å². The molecule has 6 nitrogen and oxygen atoms in total. The van der Waals surface area contributed by atoms with Crippen molar-refractivity contribution >= 4 is 35.0 Å². The summed E-state index contributed by atoms with van der Waals surface area (Å²) in [5, 5.41) is 5.42. The fraction of sp³-hybridized carbons (Fsp3) is 0.167. The van der Waals surface area contributed by atoms with Crippen LogP contribution >= 0.6 is 11.6 Å². The van der Waals surface area contributed by atoms with Crippen LogP contribution in [-0.2, 0) is 9.59 Å². The zero-order chi connectivity index (χ0) is 19.1. The van der Waals surface area contributed by atoms with Crippen molar-refractivity contribution in [2.24, 2.45) is 0 Å². The van der Waals surface area contributed by atoms with Crippen molar-refractivity contribution in [3.8, 4) is 0 Å². The number of para-hydroxylation sites is 1. The van der Waals surface area contributed by atoms with Crippen molar-refractivity contribution in [2.45, 2.75) is 0 Å². The third kappa shape index (κ3) is 5.56. The molecule has 2 aromatic carbocycles. The van der Waals surface area contributed by atoms with Crippen molar-refractivity contribution in [3.05, 3.63) is 64.9 Å². The van der Waals surface area contributed by atoms with Crippen LogP contribution in [-0.4, -0.2) is 42.8 Å². The summed E-state index contributed by atoms with van der Waals surface area (Å²) in [5.74, 6) is -1.83. The summed E-state index contributed by atoms with van der Waals surface area (Å²) in [5.41, 5.74) is 0.683. The number of likely N-dealkylation sites (N-methyl/N-ethyl adjacent to an activating group) is 1. The molecule has 0 aliphatic heterocycles. The molecule has 8 heteroatoms. The Morgan fingerprint density at radius 3 is 2.38 bits per heavy atom. The highest BCUT2D eigenvalue weighted by molar-refractivity contribution is 6.33. The van der Waals surface area contributed by atoms with Gasteiger partial charge in [0.25, 0.3) is 5.91 Å². The number of hydrogen-bond acceptors (Lipinski definition) is 3. The molecular formula is C18H17ClFN3O3. The number of amides is 3. The van der Waals surface area contributed by atoms with Crippen LogP contribution in [0.3, 0.4) is 0 Å². The lowest BCUT2D eigenvalue weighted by Gasteiger charge is -2.17. The van der Waals surface area contributed by atoms with Crippen LogP contribution in [0.15, 0.2) is 48.5 Å². The molecule has 0 saturated heterocycles. The molecule has 2 N–H and O–H groups in total. The standard InChI is InChI=1S/C18H17ClFN3O3/c1-23(11-16(24)22-15-5-3-2-4-14(15)19)17(25)10-21-18(26)12-6-8-13(20)9-7-12/h2-9H,10-11H2,1H3,(H,21,26)(H,22,24). The summed E-state index contributed by atoms with van der Waals surface area (Å²) in [7, 11) is 1.44. The van der Waals surface area contributed by atoms with E-state index >= 15 is 0 Å². The first kappa shape index (κ1) is 19.4. The van der Waals surface area contributed by atoms with E-state index in [1.54, 1.807) is 24.3 Å². The number of carbonyl (C=O) groups excluding carboxylic acids is 3. The van der Waals surface area contributed by atoms with Crippen LogP contribution in [0.1, 0.15) is 10.4 Å². The largest absolute Gasteiger partial charge is 0.343 e. The maximum absolute atomic E-state index is 12.8. The molecule has 0 unspecified atom stereocenters. The second-order valence-electron chi connectivity index (χ2n) is 5.47. The molecule has 0 saturated carbocycles. The lowest BCUT2D eigenvalue weighted by Crippen LogP contribution is -2.41. The van der Waals surface area contributed by atoms with E-state index in [0.29, 0.717) is 10.7 Å². The molecule has 0 fully saturated rings. The van der Waals surface area contributed by atoms with Crippen LogP contribution in [0.25, 0.3) is 0 Å². The van der Waals surface area contributed by atoms with E-state index in [1.165, 1.54) is 24.1 Å². The number of nitrogens with zero attached hydrogens (tertiary/aromatic N) is 1.